The first-order chi connectivity index (χ1) is 10.6. The van der Waals surface area contributed by atoms with Crippen LogP contribution in [0.25, 0.3) is 0 Å². The molecule has 0 radical (unpaired) electrons. The van der Waals surface area contributed by atoms with E-state index in [1.54, 1.807) is 18.3 Å². The molecule has 1 aromatic rings. The van der Waals surface area contributed by atoms with Gasteiger partial charge in [0.1, 0.15) is 4.90 Å². The Balaban J connectivity index is 1.47. The quantitative estimate of drug-likeness (QED) is 0.900. The minimum Gasteiger partial charge on any atom is -0.300 e. The number of nitrogens with one attached hydrogen (secondary N) is 1. The molecule has 1 aromatic heterocycles. The first kappa shape index (κ1) is 15.9. The van der Waals surface area contributed by atoms with Gasteiger partial charge in [0.15, 0.2) is 0 Å². The minimum absolute atomic E-state index is 0.249. The average Bonchev–Trinajstić information content (AvgIpc) is 3.09. The lowest BCUT2D eigenvalue weighted by atomic mass is 9.96. The lowest BCUT2D eigenvalue weighted by molar-refractivity contribution is 0.135. The Kier molecular flexibility index (Phi) is 5.10. The number of aromatic nitrogens is 1. The van der Waals surface area contributed by atoms with E-state index >= 15 is 0 Å². The van der Waals surface area contributed by atoms with Crippen molar-refractivity contribution in [1.82, 2.24) is 14.6 Å². The van der Waals surface area contributed by atoms with Crippen molar-refractivity contribution in [2.75, 3.05) is 19.6 Å². The van der Waals surface area contributed by atoms with E-state index in [1.165, 1.54) is 31.9 Å². The highest BCUT2D eigenvalue weighted by Gasteiger charge is 2.27. The Hall–Kier alpha value is -0.980. The molecule has 6 heteroatoms. The third-order valence-corrected chi connectivity index (χ3v) is 6.41. The monoisotopic (exact) mass is 323 g/mol. The van der Waals surface area contributed by atoms with Crippen molar-refractivity contribution in [2.45, 2.75) is 49.5 Å². The molecule has 0 unspecified atom stereocenters. The van der Waals surface area contributed by atoms with Gasteiger partial charge in [0, 0.05) is 25.0 Å². The summed E-state index contributed by atoms with van der Waals surface area (Å²) < 4.78 is 27.1. The SMILES string of the molecule is O=S(=O)(NCC1CCN(C2CCCC2)CC1)c1cccnc1. The first-order valence-electron chi connectivity index (χ1n) is 8.29. The number of hydrogen-bond acceptors (Lipinski definition) is 4. The Labute approximate surface area is 133 Å². The average molecular weight is 323 g/mol. The molecule has 2 fully saturated rings. The van der Waals surface area contributed by atoms with Crippen LogP contribution in [-0.4, -0.2) is 44.0 Å². The second-order valence-corrected chi connectivity index (χ2v) is 8.23. The van der Waals surface area contributed by atoms with Gasteiger partial charge in [0.25, 0.3) is 0 Å². The molecule has 0 atom stereocenters. The fourth-order valence-corrected chi connectivity index (χ4v) is 4.69. The Bertz CT molecular complexity index is 562. The van der Waals surface area contributed by atoms with Crippen LogP contribution in [0, 0.1) is 5.92 Å². The Morgan fingerprint density at radius 2 is 1.91 bits per heavy atom. The van der Waals surface area contributed by atoms with Gasteiger partial charge in [-0.25, -0.2) is 13.1 Å². The van der Waals surface area contributed by atoms with Crippen LogP contribution in [0.5, 0.6) is 0 Å². The second-order valence-electron chi connectivity index (χ2n) is 6.46. The van der Waals surface area contributed by atoms with Gasteiger partial charge < -0.3 is 4.90 Å². The molecular weight excluding hydrogens is 298 g/mol. The van der Waals surface area contributed by atoms with Crippen LogP contribution in [0.15, 0.2) is 29.4 Å². The fraction of sp³-hybridized carbons (Fsp3) is 0.688. The molecule has 2 aliphatic rings. The van der Waals surface area contributed by atoms with Crippen molar-refractivity contribution in [2.24, 2.45) is 5.92 Å². The van der Waals surface area contributed by atoms with E-state index in [0.29, 0.717) is 12.5 Å². The van der Waals surface area contributed by atoms with Crippen LogP contribution >= 0.6 is 0 Å². The van der Waals surface area contributed by atoms with E-state index in [2.05, 4.69) is 14.6 Å². The number of pyridine rings is 1. The van der Waals surface area contributed by atoms with Crippen molar-refractivity contribution in [3.8, 4) is 0 Å². The third kappa shape index (κ3) is 3.86. The van der Waals surface area contributed by atoms with Gasteiger partial charge in [0.05, 0.1) is 0 Å². The first-order valence-corrected chi connectivity index (χ1v) is 9.77. The van der Waals surface area contributed by atoms with E-state index in [-0.39, 0.29) is 4.90 Å². The predicted octanol–water partition coefficient (Wildman–Crippen LogP) is 2.01. The summed E-state index contributed by atoms with van der Waals surface area (Å²) in [6.07, 6.45) is 10.6. The fourth-order valence-electron chi connectivity index (χ4n) is 3.61. The van der Waals surface area contributed by atoms with Gasteiger partial charge in [0.2, 0.25) is 10.0 Å². The zero-order chi connectivity index (χ0) is 15.4. The minimum atomic E-state index is -3.41. The smallest absolute Gasteiger partial charge is 0.242 e. The molecule has 0 bridgehead atoms. The van der Waals surface area contributed by atoms with Crippen molar-refractivity contribution in [3.63, 3.8) is 0 Å². The van der Waals surface area contributed by atoms with Crippen LogP contribution < -0.4 is 4.72 Å². The second kappa shape index (κ2) is 7.06. The molecule has 22 heavy (non-hydrogen) atoms. The maximum absolute atomic E-state index is 12.2. The van der Waals surface area contributed by atoms with Crippen molar-refractivity contribution < 1.29 is 8.42 Å². The number of likely N-dealkylation sites (tertiary alicyclic amines) is 1. The third-order valence-electron chi connectivity index (χ3n) is 5.00. The summed E-state index contributed by atoms with van der Waals surface area (Å²) in [5.74, 6) is 0.448. The summed E-state index contributed by atoms with van der Waals surface area (Å²) in [6.45, 7) is 2.77. The molecule has 122 valence electrons. The van der Waals surface area contributed by atoms with Gasteiger partial charge in [-0.2, -0.15) is 0 Å². The lowest BCUT2D eigenvalue weighted by Crippen LogP contribution is -2.42. The van der Waals surface area contributed by atoms with Gasteiger partial charge in [-0.3, -0.25) is 4.98 Å². The molecule has 1 aliphatic heterocycles. The zero-order valence-electron chi connectivity index (χ0n) is 12.9. The maximum atomic E-state index is 12.2. The highest BCUT2D eigenvalue weighted by molar-refractivity contribution is 7.89. The highest BCUT2D eigenvalue weighted by Crippen LogP contribution is 2.27. The van der Waals surface area contributed by atoms with Crippen LogP contribution in [-0.2, 0) is 10.0 Å². The number of sulfonamides is 1. The molecule has 3 rings (SSSR count). The summed E-state index contributed by atoms with van der Waals surface area (Å²) in [4.78, 5) is 6.73. The standard InChI is InChI=1S/C16H25N3O2S/c20-22(21,16-6-3-9-17-13-16)18-12-14-7-10-19(11-8-14)15-4-1-2-5-15/h3,6,9,13-15,18H,1-2,4-5,7-8,10-12H2. The van der Waals surface area contributed by atoms with Gasteiger partial charge in [-0.15, -0.1) is 0 Å². The number of piperidine rings is 1. The van der Waals surface area contributed by atoms with Crippen LogP contribution in [0.2, 0.25) is 0 Å². The maximum Gasteiger partial charge on any atom is 0.242 e. The van der Waals surface area contributed by atoms with Crippen LogP contribution in [0.3, 0.4) is 0 Å². The van der Waals surface area contributed by atoms with Crippen molar-refractivity contribution in [3.05, 3.63) is 24.5 Å². The molecule has 1 N–H and O–H groups in total. The Morgan fingerprint density at radius 3 is 2.55 bits per heavy atom. The molecular formula is C16H25N3O2S. The van der Waals surface area contributed by atoms with E-state index in [1.807, 2.05) is 0 Å². The molecule has 5 nitrogen and oxygen atoms in total. The number of rotatable bonds is 5. The molecule has 0 aromatic carbocycles. The van der Waals surface area contributed by atoms with E-state index in [4.69, 9.17) is 0 Å². The molecule has 1 aliphatic carbocycles. The van der Waals surface area contributed by atoms with Crippen molar-refractivity contribution in [1.29, 1.82) is 0 Å². The number of hydrogen-bond donors (Lipinski definition) is 1. The molecule has 0 spiro atoms. The molecule has 0 amide bonds. The summed E-state index contributed by atoms with van der Waals surface area (Å²) in [5.41, 5.74) is 0. The normalized spacial score (nSPS) is 22.2. The van der Waals surface area contributed by atoms with Crippen LogP contribution in [0.1, 0.15) is 38.5 Å². The molecule has 1 saturated heterocycles. The Morgan fingerprint density at radius 1 is 1.18 bits per heavy atom. The highest BCUT2D eigenvalue weighted by atomic mass is 32.2. The van der Waals surface area contributed by atoms with Gasteiger partial charge in [-0.05, 0) is 56.8 Å². The predicted molar refractivity (Wildman–Crippen MR) is 86.0 cm³/mol. The topological polar surface area (TPSA) is 62.3 Å². The zero-order valence-corrected chi connectivity index (χ0v) is 13.8. The lowest BCUT2D eigenvalue weighted by Gasteiger charge is -2.36. The molecule has 2 heterocycles. The summed E-state index contributed by atoms with van der Waals surface area (Å²) in [5, 5.41) is 0. The van der Waals surface area contributed by atoms with Crippen molar-refractivity contribution >= 4 is 10.0 Å². The van der Waals surface area contributed by atoms with E-state index < -0.39 is 10.0 Å². The van der Waals surface area contributed by atoms with Gasteiger partial charge in [-0.1, -0.05) is 12.8 Å². The number of nitrogens with zero attached hydrogens (tertiary/aromatic N) is 2. The summed E-state index contributed by atoms with van der Waals surface area (Å²) >= 11 is 0. The van der Waals surface area contributed by atoms with Gasteiger partial charge >= 0.3 is 0 Å². The molecule has 1 saturated carbocycles. The largest absolute Gasteiger partial charge is 0.300 e. The van der Waals surface area contributed by atoms with Crippen LogP contribution in [0.4, 0.5) is 0 Å². The summed E-state index contributed by atoms with van der Waals surface area (Å²) in [7, 11) is -3.41. The van der Waals surface area contributed by atoms with E-state index in [9.17, 15) is 8.42 Å². The summed E-state index contributed by atoms with van der Waals surface area (Å²) in [6, 6.07) is 4.01. The van der Waals surface area contributed by atoms with E-state index in [0.717, 1.165) is 32.0 Å².